The molecule has 0 aliphatic carbocycles. The molecule has 0 saturated heterocycles. The molecule has 0 atom stereocenters. The van der Waals surface area contributed by atoms with Crippen LogP contribution in [0.1, 0.15) is 10.9 Å². The Morgan fingerprint density at radius 2 is 1.73 bits per heavy atom. The van der Waals surface area contributed by atoms with Crippen molar-refractivity contribution in [3.05, 3.63) is 41.5 Å². The number of benzene rings is 1. The van der Waals surface area contributed by atoms with Gasteiger partial charge >= 0.3 is 11.9 Å². The van der Waals surface area contributed by atoms with E-state index in [4.69, 9.17) is 9.47 Å². The van der Waals surface area contributed by atoms with Gasteiger partial charge in [0.15, 0.2) is 20.8 Å². The number of carbonyl (C=O) groups excluding carboxylic acids is 2. The van der Waals surface area contributed by atoms with E-state index in [0.29, 0.717) is 31.9 Å². The van der Waals surface area contributed by atoms with Gasteiger partial charge in [-0.05, 0) is 17.8 Å². The molecule has 3 aromatic heterocycles. The third-order valence-corrected chi connectivity index (χ3v) is 6.71. The zero-order chi connectivity index (χ0) is 23.4. The first-order valence-corrected chi connectivity index (χ1v) is 12.2. The molecule has 0 spiro atoms. The molecule has 3 heterocycles. The van der Waals surface area contributed by atoms with Crippen LogP contribution in [0.4, 0.5) is 10.0 Å². The van der Waals surface area contributed by atoms with Gasteiger partial charge < -0.3 is 9.47 Å². The second-order valence-corrected chi connectivity index (χ2v) is 8.87. The van der Waals surface area contributed by atoms with Gasteiger partial charge in [-0.25, -0.2) is 15.0 Å². The van der Waals surface area contributed by atoms with Gasteiger partial charge in [0.25, 0.3) is 0 Å². The predicted molar refractivity (Wildman–Crippen MR) is 125 cm³/mol. The Hall–Kier alpha value is -3.29. The fourth-order valence-corrected chi connectivity index (χ4v) is 4.77. The smallest absolute Gasteiger partial charge is 0.327 e. The standard InChI is InChI=1S/C20H16N6O4S3/c1-29-18(27)12(19(28)30-2)16-22-13(10-7-5-4-6-8-10)17(32-16)25-24-15-11-9-21-20(31-3)23-14(11)26-33-15/h4-9,12H,1-3H3/b25-24+. The van der Waals surface area contributed by atoms with Crippen LogP contribution in [0.3, 0.4) is 0 Å². The Morgan fingerprint density at radius 3 is 2.39 bits per heavy atom. The summed E-state index contributed by atoms with van der Waals surface area (Å²) in [5.41, 5.74) is 1.77. The van der Waals surface area contributed by atoms with E-state index in [2.05, 4.69) is 29.6 Å². The Bertz CT molecular complexity index is 1320. The fourth-order valence-electron chi connectivity index (χ4n) is 2.81. The zero-order valence-electron chi connectivity index (χ0n) is 17.6. The first kappa shape index (κ1) is 22.9. The minimum Gasteiger partial charge on any atom is -0.468 e. The number of azo groups is 1. The molecule has 4 aromatic rings. The molecular formula is C20H16N6O4S3. The first-order chi connectivity index (χ1) is 16.0. The SMILES string of the molecule is COC(=O)C(C(=O)OC)c1nc(-c2ccccc2)c(/N=N/c2snc3nc(SC)ncc23)s1. The molecule has 4 rings (SSSR count). The number of hydrogen-bond donors (Lipinski definition) is 0. The van der Waals surface area contributed by atoms with Crippen molar-refractivity contribution >= 4 is 67.6 Å². The van der Waals surface area contributed by atoms with Crippen molar-refractivity contribution in [1.29, 1.82) is 0 Å². The number of thioether (sulfide) groups is 1. The summed E-state index contributed by atoms with van der Waals surface area (Å²) in [7, 11) is 2.40. The molecule has 0 saturated carbocycles. The minimum absolute atomic E-state index is 0.198. The van der Waals surface area contributed by atoms with Crippen molar-refractivity contribution in [3.8, 4) is 11.3 Å². The molecule has 13 heteroatoms. The molecule has 33 heavy (non-hydrogen) atoms. The normalized spacial score (nSPS) is 11.4. The molecule has 0 amide bonds. The first-order valence-electron chi connectivity index (χ1n) is 9.35. The highest BCUT2D eigenvalue weighted by Crippen LogP contribution is 2.41. The van der Waals surface area contributed by atoms with Crippen molar-refractivity contribution in [2.75, 3.05) is 20.5 Å². The number of ether oxygens (including phenoxy) is 2. The third kappa shape index (κ3) is 4.74. The van der Waals surface area contributed by atoms with Gasteiger partial charge in [0.05, 0.1) is 19.6 Å². The van der Waals surface area contributed by atoms with Gasteiger partial charge in [0.2, 0.25) is 5.92 Å². The highest BCUT2D eigenvalue weighted by atomic mass is 32.2. The summed E-state index contributed by atoms with van der Waals surface area (Å²) in [4.78, 5) is 37.7. The number of methoxy groups -OCH3 is 2. The summed E-state index contributed by atoms with van der Waals surface area (Å²) in [6, 6.07) is 9.28. The highest BCUT2D eigenvalue weighted by molar-refractivity contribution is 7.98. The number of nitrogens with zero attached hydrogens (tertiary/aromatic N) is 6. The average molecular weight is 501 g/mol. The van der Waals surface area contributed by atoms with Gasteiger partial charge in [0, 0.05) is 11.8 Å². The second kappa shape index (κ2) is 10.1. The monoisotopic (exact) mass is 500 g/mol. The minimum atomic E-state index is -1.32. The van der Waals surface area contributed by atoms with Crippen molar-refractivity contribution in [2.45, 2.75) is 11.1 Å². The van der Waals surface area contributed by atoms with Crippen molar-refractivity contribution in [2.24, 2.45) is 10.2 Å². The molecule has 1 aromatic carbocycles. The Labute approximate surface area is 200 Å². The Balaban J connectivity index is 1.78. The molecule has 0 N–H and O–H groups in total. The summed E-state index contributed by atoms with van der Waals surface area (Å²) in [5, 5.41) is 11.2. The van der Waals surface area contributed by atoms with Gasteiger partial charge in [0.1, 0.15) is 10.7 Å². The van der Waals surface area contributed by atoms with E-state index in [1.54, 1.807) is 6.20 Å². The number of hydrogen-bond acceptors (Lipinski definition) is 13. The molecule has 0 fully saturated rings. The van der Waals surface area contributed by atoms with E-state index in [1.165, 1.54) is 26.0 Å². The maximum Gasteiger partial charge on any atom is 0.327 e. The predicted octanol–water partition coefficient (Wildman–Crippen LogP) is 4.78. The topological polar surface area (TPSA) is 129 Å². The van der Waals surface area contributed by atoms with Gasteiger partial charge in [-0.1, -0.05) is 53.4 Å². The van der Waals surface area contributed by atoms with E-state index in [0.717, 1.165) is 28.4 Å². The van der Waals surface area contributed by atoms with Crippen molar-refractivity contribution in [1.82, 2.24) is 19.3 Å². The molecule has 0 aliphatic heterocycles. The average Bonchev–Trinajstić information content (AvgIpc) is 3.46. The van der Waals surface area contributed by atoms with Crippen molar-refractivity contribution < 1.29 is 19.1 Å². The van der Waals surface area contributed by atoms with Crippen LogP contribution < -0.4 is 0 Å². The summed E-state index contributed by atoms with van der Waals surface area (Å²) in [6.45, 7) is 0. The molecule has 0 aliphatic rings. The lowest BCUT2D eigenvalue weighted by Gasteiger charge is -2.08. The third-order valence-electron chi connectivity index (χ3n) is 4.40. The van der Waals surface area contributed by atoms with Gasteiger partial charge in [-0.15, -0.1) is 10.2 Å². The van der Waals surface area contributed by atoms with Crippen molar-refractivity contribution in [3.63, 3.8) is 0 Å². The van der Waals surface area contributed by atoms with Crippen LogP contribution in [0.25, 0.3) is 22.3 Å². The Kier molecular flexibility index (Phi) is 7.01. The number of fused-ring (bicyclic) bond motifs is 1. The van der Waals surface area contributed by atoms with Crippen LogP contribution in [-0.2, 0) is 19.1 Å². The van der Waals surface area contributed by atoms with Crippen LogP contribution >= 0.6 is 34.6 Å². The number of carbonyl (C=O) groups is 2. The molecular weight excluding hydrogens is 484 g/mol. The summed E-state index contributed by atoms with van der Waals surface area (Å²) in [5.74, 6) is -2.86. The molecule has 168 valence electrons. The lowest BCUT2D eigenvalue weighted by atomic mass is 10.1. The highest BCUT2D eigenvalue weighted by Gasteiger charge is 2.35. The quantitative estimate of drug-likeness (QED) is 0.116. The lowest BCUT2D eigenvalue weighted by molar-refractivity contribution is -0.154. The zero-order valence-corrected chi connectivity index (χ0v) is 20.0. The number of rotatable bonds is 7. The Morgan fingerprint density at radius 1 is 1.03 bits per heavy atom. The van der Waals surface area contributed by atoms with Crippen LogP contribution in [0.5, 0.6) is 0 Å². The summed E-state index contributed by atoms with van der Waals surface area (Å²) in [6.07, 6.45) is 3.54. The van der Waals surface area contributed by atoms with Gasteiger partial charge in [-0.2, -0.15) is 4.37 Å². The molecule has 0 radical (unpaired) electrons. The molecule has 0 unspecified atom stereocenters. The van der Waals surface area contributed by atoms with E-state index >= 15 is 0 Å². The fraction of sp³-hybridized carbons (Fsp3) is 0.200. The molecule has 0 bridgehead atoms. The van der Waals surface area contributed by atoms with Crippen LogP contribution in [0, 0.1) is 0 Å². The molecule has 10 nitrogen and oxygen atoms in total. The maximum atomic E-state index is 12.3. The van der Waals surface area contributed by atoms with E-state index in [-0.39, 0.29) is 5.01 Å². The van der Waals surface area contributed by atoms with E-state index in [1.807, 2.05) is 36.6 Å². The van der Waals surface area contributed by atoms with Crippen LogP contribution in [0.2, 0.25) is 0 Å². The summed E-state index contributed by atoms with van der Waals surface area (Å²) >= 11 is 3.63. The van der Waals surface area contributed by atoms with E-state index < -0.39 is 17.9 Å². The van der Waals surface area contributed by atoms with Crippen LogP contribution in [-0.4, -0.2) is 51.7 Å². The summed E-state index contributed by atoms with van der Waals surface area (Å²) < 4.78 is 13.9. The number of aromatic nitrogens is 4. The van der Waals surface area contributed by atoms with Gasteiger partial charge in [-0.3, -0.25) is 9.59 Å². The largest absolute Gasteiger partial charge is 0.468 e. The number of thiazole rings is 1. The number of esters is 2. The second-order valence-electron chi connectivity index (χ2n) is 6.33. The maximum absolute atomic E-state index is 12.3. The van der Waals surface area contributed by atoms with E-state index in [9.17, 15) is 9.59 Å². The lowest BCUT2D eigenvalue weighted by Crippen LogP contribution is -2.24. The van der Waals surface area contributed by atoms with Crippen LogP contribution in [0.15, 0.2) is 51.9 Å².